The molecule has 3 aromatic rings. The van der Waals surface area contributed by atoms with E-state index in [9.17, 15) is 9.59 Å². The van der Waals surface area contributed by atoms with Gasteiger partial charge in [0.2, 0.25) is 12.7 Å². The van der Waals surface area contributed by atoms with Crippen LogP contribution in [0.2, 0.25) is 0 Å². The molecule has 0 unspecified atom stereocenters. The van der Waals surface area contributed by atoms with E-state index in [1.54, 1.807) is 24.3 Å². The number of aromatic nitrogens is 2. The van der Waals surface area contributed by atoms with Crippen molar-refractivity contribution in [2.24, 2.45) is 0 Å². The number of hydrogen-bond donors (Lipinski definition) is 1. The highest BCUT2D eigenvalue weighted by Gasteiger charge is 2.14. The van der Waals surface area contributed by atoms with Crippen molar-refractivity contribution in [2.75, 3.05) is 6.79 Å². The minimum absolute atomic E-state index is 0.183. The Hall–Kier alpha value is -3.55. The highest BCUT2D eigenvalue weighted by atomic mass is 16.7. The standard InChI is InChI=1S/C18H15N3O5/c22-17(19-9-12-3-5-15-16(8-12)26-11-25-15)10-21-18(23)6-4-13(20-21)14-2-1-7-24-14/h1-8H,9-11H2,(H,19,22). The van der Waals surface area contributed by atoms with Gasteiger partial charge in [-0.1, -0.05) is 6.07 Å². The van der Waals surface area contributed by atoms with E-state index in [-0.39, 0.29) is 24.8 Å². The van der Waals surface area contributed by atoms with E-state index in [1.807, 2.05) is 12.1 Å². The highest BCUT2D eigenvalue weighted by molar-refractivity contribution is 5.75. The van der Waals surface area contributed by atoms with Crippen LogP contribution in [0.15, 0.2) is 57.9 Å². The number of amides is 1. The van der Waals surface area contributed by atoms with Gasteiger partial charge in [-0.25, -0.2) is 4.68 Å². The second kappa shape index (κ2) is 6.75. The molecule has 0 bridgehead atoms. The Labute approximate surface area is 148 Å². The van der Waals surface area contributed by atoms with Crippen molar-refractivity contribution in [1.29, 1.82) is 0 Å². The van der Waals surface area contributed by atoms with E-state index < -0.39 is 0 Å². The molecule has 0 saturated carbocycles. The molecule has 0 spiro atoms. The summed E-state index contributed by atoms with van der Waals surface area (Å²) < 4.78 is 16.9. The molecular formula is C18H15N3O5. The first-order chi connectivity index (χ1) is 12.7. The van der Waals surface area contributed by atoms with Gasteiger partial charge < -0.3 is 19.2 Å². The van der Waals surface area contributed by atoms with Crippen LogP contribution in [-0.4, -0.2) is 22.5 Å². The number of hydrogen-bond acceptors (Lipinski definition) is 6. The van der Waals surface area contributed by atoms with Crippen molar-refractivity contribution >= 4 is 5.91 Å². The molecule has 4 rings (SSSR count). The highest BCUT2D eigenvalue weighted by Crippen LogP contribution is 2.32. The van der Waals surface area contributed by atoms with Gasteiger partial charge in [-0.05, 0) is 35.9 Å². The summed E-state index contributed by atoms with van der Waals surface area (Å²) in [6, 6.07) is 11.8. The SMILES string of the molecule is O=C(Cn1nc(-c2ccco2)ccc1=O)NCc1ccc2c(c1)OCO2. The van der Waals surface area contributed by atoms with Gasteiger partial charge in [0.25, 0.3) is 5.56 Å². The van der Waals surface area contributed by atoms with Crippen LogP contribution in [0, 0.1) is 0 Å². The predicted octanol–water partition coefficient (Wildman–Crippen LogP) is 1.55. The van der Waals surface area contributed by atoms with Crippen molar-refractivity contribution in [1.82, 2.24) is 15.1 Å². The van der Waals surface area contributed by atoms with Crippen molar-refractivity contribution < 1.29 is 18.7 Å². The number of rotatable bonds is 5. The zero-order valence-electron chi connectivity index (χ0n) is 13.7. The molecule has 1 aliphatic heterocycles. The maximum Gasteiger partial charge on any atom is 0.267 e. The maximum absolute atomic E-state index is 12.2. The number of benzene rings is 1. The van der Waals surface area contributed by atoms with Crippen molar-refractivity contribution in [3.63, 3.8) is 0 Å². The molecule has 1 aromatic carbocycles. The van der Waals surface area contributed by atoms with Crippen LogP contribution in [0.5, 0.6) is 11.5 Å². The second-order valence-corrected chi connectivity index (χ2v) is 5.66. The minimum Gasteiger partial charge on any atom is -0.463 e. The summed E-state index contributed by atoms with van der Waals surface area (Å²) in [6.45, 7) is 0.325. The zero-order valence-corrected chi connectivity index (χ0v) is 13.7. The first-order valence-electron chi connectivity index (χ1n) is 7.96. The fourth-order valence-electron chi connectivity index (χ4n) is 2.56. The maximum atomic E-state index is 12.2. The lowest BCUT2D eigenvalue weighted by Crippen LogP contribution is -2.33. The number of carbonyl (C=O) groups excluding carboxylic acids is 1. The molecule has 3 heterocycles. The summed E-state index contributed by atoms with van der Waals surface area (Å²) in [7, 11) is 0. The third-order valence-corrected chi connectivity index (χ3v) is 3.86. The smallest absolute Gasteiger partial charge is 0.267 e. The average Bonchev–Trinajstić information content (AvgIpc) is 3.33. The number of ether oxygens (including phenoxy) is 2. The first kappa shape index (κ1) is 15.9. The Kier molecular flexibility index (Phi) is 4.14. The van der Waals surface area contributed by atoms with Crippen molar-refractivity contribution in [3.05, 3.63) is 64.6 Å². The van der Waals surface area contributed by atoms with Crippen LogP contribution < -0.4 is 20.3 Å². The van der Waals surface area contributed by atoms with Crippen LogP contribution in [0.1, 0.15) is 5.56 Å². The lowest BCUT2D eigenvalue weighted by atomic mass is 10.2. The van der Waals surface area contributed by atoms with Gasteiger partial charge in [-0.2, -0.15) is 5.10 Å². The summed E-state index contributed by atoms with van der Waals surface area (Å²) >= 11 is 0. The summed E-state index contributed by atoms with van der Waals surface area (Å²) in [6.07, 6.45) is 1.52. The van der Waals surface area contributed by atoms with E-state index in [0.29, 0.717) is 29.5 Å². The second-order valence-electron chi connectivity index (χ2n) is 5.66. The van der Waals surface area contributed by atoms with Gasteiger partial charge in [0.1, 0.15) is 12.2 Å². The van der Waals surface area contributed by atoms with E-state index in [2.05, 4.69) is 10.4 Å². The lowest BCUT2D eigenvalue weighted by molar-refractivity contribution is -0.122. The van der Waals surface area contributed by atoms with E-state index in [1.165, 1.54) is 12.3 Å². The molecule has 26 heavy (non-hydrogen) atoms. The third-order valence-electron chi connectivity index (χ3n) is 3.86. The molecule has 0 radical (unpaired) electrons. The van der Waals surface area contributed by atoms with Gasteiger partial charge in [0.15, 0.2) is 17.3 Å². The lowest BCUT2D eigenvalue weighted by Gasteiger charge is -2.08. The number of carbonyl (C=O) groups is 1. The largest absolute Gasteiger partial charge is 0.463 e. The van der Waals surface area contributed by atoms with Crippen LogP contribution in [0.25, 0.3) is 11.5 Å². The molecule has 0 saturated heterocycles. The fourth-order valence-corrected chi connectivity index (χ4v) is 2.56. The molecular weight excluding hydrogens is 338 g/mol. The van der Waals surface area contributed by atoms with Crippen molar-refractivity contribution in [3.8, 4) is 23.0 Å². The van der Waals surface area contributed by atoms with Crippen LogP contribution in [-0.2, 0) is 17.9 Å². The average molecular weight is 353 g/mol. The molecule has 132 valence electrons. The molecule has 1 N–H and O–H groups in total. The molecule has 1 amide bonds. The molecule has 0 fully saturated rings. The van der Waals surface area contributed by atoms with Crippen LogP contribution in [0.4, 0.5) is 0 Å². The fraction of sp³-hybridized carbons (Fsp3) is 0.167. The van der Waals surface area contributed by atoms with E-state index in [0.717, 1.165) is 10.2 Å². The Morgan fingerprint density at radius 1 is 1.15 bits per heavy atom. The Balaban J connectivity index is 1.42. The molecule has 0 aliphatic carbocycles. The molecule has 0 atom stereocenters. The topological polar surface area (TPSA) is 95.6 Å². The van der Waals surface area contributed by atoms with Crippen LogP contribution in [0.3, 0.4) is 0 Å². The molecule has 8 heteroatoms. The third kappa shape index (κ3) is 3.30. The summed E-state index contributed by atoms with van der Waals surface area (Å²) in [5.74, 6) is 1.54. The predicted molar refractivity (Wildman–Crippen MR) is 90.6 cm³/mol. The minimum atomic E-state index is -0.362. The van der Waals surface area contributed by atoms with Gasteiger partial charge in [-0.3, -0.25) is 9.59 Å². The first-order valence-corrected chi connectivity index (χ1v) is 7.96. The Morgan fingerprint density at radius 2 is 2.04 bits per heavy atom. The zero-order chi connectivity index (χ0) is 17.9. The quantitative estimate of drug-likeness (QED) is 0.748. The van der Waals surface area contributed by atoms with E-state index in [4.69, 9.17) is 13.9 Å². The van der Waals surface area contributed by atoms with Gasteiger partial charge in [-0.15, -0.1) is 0 Å². The number of fused-ring (bicyclic) bond motifs is 1. The van der Waals surface area contributed by atoms with Crippen LogP contribution >= 0.6 is 0 Å². The number of furan rings is 1. The molecule has 2 aromatic heterocycles. The normalized spacial score (nSPS) is 12.2. The Morgan fingerprint density at radius 3 is 2.88 bits per heavy atom. The van der Waals surface area contributed by atoms with Crippen molar-refractivity contribution in [2.45, 2.75) is 13.1 Å². The van der Waals surface area contributed by atoms with Gasteiger partial charge >= 0.3 is 0 Å². The van der Waals surface area contributed by atoms with E-state index >= 15 is 0 Å². The Bertz CT molecular complexity index is 994. The number of nitrogens with zero attached hydrogens (tertiary/aromatic N) is 2. The van der Waals surface area contributed by atoms with Gasteiger partial charge in [0, 0.05) is 12.6 Å². The number of nitrogens with one attached hydrogen (secondary N) is 1. The molecule has 1 aliphatic rings. The monoisotopic (exact) mass is 353 g/mol. The summed E-state index contributed by atoms with van der Waals surface area (Å²) in [4.78, 5) is 24.1. The summed E-state index contributed by atoms with van der Waals surface area (Å²) in [5, 5.41) is 6.93. The molecule has 8 nitrogen and oxygen atoms in total. The van der Waals surface area contributed by atoms with Gasteiger partial charge in [0.05, 0.1) is 6.26 Å². The summed E-state index contributed by atoms with van der Waals surface area (Å²) in [5.41, 5.74) is 0.990.